The van der Waals surface area contributed by atoms with E-state index in [1.165, 1.54) is 30.4 Å². The molecule has 0 saturated carbocycles. The van der Waals surface area contributed by atoms with Crippen LogP contribution in [0, 0.1) is 0 Å². The second kappa shape index (κ2) is 16.8. The molecule has 0 bridgehead atoms. The van der Waals surface area contributed by atoms with Crippen LogP contribution in [-0.4, -0.2) is 11.1 Å². The summed E-state index contributed by atoms with van der Waals surface area (Å²) >= 11 is 0. The number of carboxylic acid groups (broad SMARTS) is 1. The lowest BCUT2D eigenvalue weighted by atomic mass is 9.96. The Morgan fingerprint density at radius 2 is 1.39 bits per heavy atom. The molecular formula is C26H38O2. The summed E-state index contributed by atoms with van der Waals surface area (Å²) in [6.07, 6.45) is 9.57. The molecule has 0 aliphatic rings. The normalized spacial score (nSPS) is 12.2. The smallest absolute Gasteiger partial charge is 0.300 e. The number of carboxylic acids is 1. The van der Waals surface area contributed by atoms with E-state index in [0.717, 1.165) is 19.3 Å². The predicted octanol–water partition coefficient (Wildman–Crippen LogP) is 7.83. The van der Waals surface area contributed by atoms with Gasteiger partial charge in [-0.1, -0.05) is 113 Å². The number of aliphatic carboxylic acids is 1. The Kier molecular flexibility index (Phi) is 15.4. The summed E-state index contributed by atoms with van der Waals surface area (Å²) in [6.45, 7) is 10.0. The molecule has 2 rings (SSSR count). The first-order valence-corrected chi connectivity index (χ1v) is 10.4. The van der Waals surface area contributed by atoms with E-state index in [1.54, 1.807) is 0 Å². The maximum Gasteiger partial charge on any atom is 0.300 e. The van der Waals surface area contributed by atoms with Crippen LogP contribution < -0.4 is 0 Å². The highest BCUT2D eigenvalue weighted by atomic mass is 16.4. The van der Waals surface area contributed by atoms with Crippen molar-refractivity contribution in [3.63, 3.8) is 0 Å². The van der Waals surface area contributed by atoms with Gasteiger partial charge in [0.05, 0.1) is 0 Å². The average Bonchev–Trinajstić information content (AvgIpc) is 2.71. The van der Waals surface area contributed by atoms with Crippen molar-refractivity contribution in [2.75, 3.05) is 0 Å². The fourth-order valence-electron chi connectivity index (χ4n) is 2.67. The van der Waals surface area contributed by atoms with Crippen LogP contribution >= 0.6 is 0 Å². The van der Waals surface area contributed by atoms with E-state index in [4.69, 9.17) is 9.90 Å². The van der Waals surface area contributed by atoms with E-state index in [9.17, 15) is 0 Å². The third-order valence-corrected chi connectivity index (χ3v) is 4.35. The maximum absolute atomic E-state index is 9.00. The van der Waals surface area contributed by atoms with Gasteiger partial charge < -0.3 is 5.11 Å². The SMILES string of the molecule is CC(=O)O.CC/C=C/C(C)c1ccccc1.CCCCC(C)c1ccccc1. The van der Waals surface area contributed by atoms with Crippen LogP contribution in [-0.2, 0) is 4.79 Å². The molecule has 0 amide bonds. The molecule has 0 spiro atoms. The number of carbonyl (C=O) groups is 1. The van der Waals surface area contributed by atoms with Crippen LogP contribution in [0.2, 0.25) is 0 Å². The molecule has 2 aromatic carbocycles. The first-order chi connectivity index (χ1) is 13.4. The topological polar surface area (TPSA) is 37.3 Å². The molecule has 154 valence electrons. The zero-order chi connectivity index (χ0) is 21.2. The van der Waals surface area contributed by atoms with Gasteiger partial charge in [0.2, 0.25) is 0 Å². The van der Waals surface area contributed by atoms with Crippen molar-refractivity contribution < 1.29 is 9.90 Å². The minimum Gasteiger partial charge on any atom is -0.481 e. The van der Waals surface area contributed by atoms with Crippen molar-refractivity contribution in [3.05, 3.63) is 83.9 Å². The number of hydrogen-bond donors (Lipinski definition) is 1. The second-order valence-electron chi connectivity index (χ2n) is 7.01. The summed E-state index contributed by atoms with van der Waals surface area (Å²) in [6, 6.07) is 21.3. The van der Waals surface area contributed by atoms with Crippen LogP contribution in [0.5, 0.6) is 0 Å². The molecule has 1 N–H and O–H groups in total. The van der Waals surface area contributed by atoms with E-state index in [0.29, 0.717) is 5.92 Å². The number of allylic oxidation sites excluding steroid dienone is 2. The monoisotopic (exact) mass is 382 g/mol. The fourth-order valence-corrected chi connectivity index (χ4v) is 2.67. The third-order valence-electron chi connectivity index (χ3n) is 4.35. The Balaban J connectivity index is 0.000000439. The molecule has 2 atom stereocenters. The molecule has 0 aromatic heterocycles. The second-order valence-corrected chi connectivity index (χ2v) is 7.01. The zero-order valence-corrected chi connectivity index (χ0v) is 18.3. The van der Waals surface area contributed by atoms with Crippen molar-refractivity contribution in [1.29, 1.82) is 0 Å². The summed E-state index contributed by atoms with van der Waals surface area (Å²) in [4.78, 5) is 9.00. The van der Waals surface area contributed by atoms with Crippen molar-refractivity contribution in [1.82, 2.24) is 0 Å². The Labute approximate surface area is 172 Å². The van der Waals surface area contributed by atoms with Crippen LogP contribution in [0.4, 0.5) is 0 Å². The molecule has 2 aromatic rings. The first-order valence-electron chi connectivity index (χ1n) is 10.4. The van der Waals surface area contributed by atoms with Crippen LogP contribution in [0.3, 0.4) is 0 Å². The van der Waals surface area contributed by atoms with Crippen molar-refractivity contribution in [2.45, 2.75) is 72.1 Å². The molecule has 0 heterocycles. The minimum atomic E-state index is -0.833. The molecule has 2 heteroatoms. The number of rotatable bonds is 7. The first kappa shape index (κ1) is 25.7. The van der Waals surface area contributed by atoms with Crippen molar-refractivity contribution >= 4 is 5.97 Å². The summed E-state index contributed by atoms with van der Waals surface area (Å²) < 4.78 is 0. The molecule has 2 unspecified atom stereocenters. The summed E-state index contributed by atoms with van der Waals surface area (Å²) in [5.74, 6) is 0.442. The van der Waals surface area contributed by atoms with Crippen molar-refractivity contribution in [2.24, 2.45) is 0 Å². The van der Waals surface area contributed by atoms with Crippen LogP contribution in [0.25, 0.3) is 0 Å². The number of unbranched alkanes of at least 4 members (excludes halogenated alkanes) is 1. The molecular weight excluding hydrogens is 344 g/mol. The van der Waals surface area contributed by atoms with Gasteiger partial charge in [-0.25, -0.2) is 0 Å². The Bertz CT molecular complexity index is 628. The quantitative estimate of drug-likeness (QED) is 0.495. The molecule has 0 radical (unpaired) electrons. The highest BCUT2D eigenvalue weighted by Crippen LogP contribution is 2.20. The number of hydrogen-bond acceptors (Lipinski definition) is 1. The summed E-state index contributed by atoms with van der Waals surface area (Å²) in [7, 11) is 0. The summed E-state index contributed by atoms with van der Waals surface area (Å²) in [5.41, 5.74) is 2.87. The van der Waals surface area contributed by atoms with E-state index in [2.05, 4.69) is 101 Å². The van der Waals surface area contributed by atoms with Gasteiger partial charge in [-0.15, -0.1) is 0 Å². The third kappa shape index (κ3) is 13.8. The molecule has 0 aliphatic heterocycles. The predicted molar refractivity (Wildman–Crippen MR) is 122 cm³/mol. The Morgan fingerprint density at radius 1 is 0.929 bits per heavy atom. The molecule has 0 aliphatic carbocycles. The van der Waals surface area contributed by atoms with Crippen LogP contribution in [0.15, 0.2) is 72.8 Å². The Hall–Kier alpha value is -2.35. The zero-order valence-electron chi connectivity index (χ0n) is 18.3. The lowest BCUT2D eigenvalue weighted by molar-refractivity contribution is -0.134. The van der Waals surface area contributed by atoms with E-state index >= 15 is 0 Å². The van der Waals surface area contributed by atoms with Gasteiger partial charge in [0.1, 0.15) is 0 Å². The van der Waals surface area contributed by atoms with Gasteiger partial charge in [-0.2, -0.15) is 0 Å². The highest BCUT2D eigenvalue weighted by molar-refractivity contribution is 5.62. The van der Waals surface area contributed by atoms with Gasteiger partial charge in [-0.05, 0) is 35.8 Å². The van der Waals surface area contributed by atoms with Gasteiger partial charge in [0, 0.05) is 6.92 Å². The fraction of sp³-hybridized carbons (Fsp3) is 0.423. The van der Waals surface area contributed by atoms with Crippen LogP contribution in [0.1, 0.15) is 83.3 Å². The lowest BCUT2D eigenvalue weighted by Crippen LogP contribution is -1.92. The molecule has 0 saturated heterocycles. The number of benzene rings is 2. The minimum absolute atomic E-state index is 0.547. The maximum atomic E-state index is 9.00. The average molecular weight is 383 g/mol. The standard InChI is InChI=1S/C12H18.C12H16.C2H4O2/c2*1-3-4-8-11(2)12-9-6-5-7-10-12;1-2(3)4/h5-7,9-11H,3-4,8H2,1-2H3;4-11H,3H2,1-2H3;1H3,(H,3,4)/b;8-4+;. The highest BCUT2D eigenvalue weighted by Gasteiger charge is 2.02. The molecule has 28 heavy (non-hydrogen) atoms. The van der Waals surface area contributed by atoms with Gasteiger partial charge in [-0.3, -0.25) is 4.79 Å². The van der Waals surface area contributed by atoms with E-state index in [-0.39, 0.29) is 0 Å². The molecule has 0 fully saturated rings. The van der Waals surface area contributed by atoms with Gasteiger partial charge in [0.25, 0.3) is 5.97 Å². The molecule has 2 nitrogen and oxygen atoms in total. The van der Waals surface area contributed by atoms with Crippen molar-refractivity contribution in [3.8, 4) is 0 Å². The Morgan fingerprint density at radius 3 is 1.82 bits per heavy atom. The summed E-state index contributed by atoms with van der Waals surface area (Å²) in [5, 5.41) is 7.42. The van der Waals surface area contributed by atoms with Gasteiger partial charge in [0.15, 0.2) is 0 Å². The van der Waals surface area contributed by atoms with Gasteiger partial charge >= 0.3 is 0 Å². The van der Waals surface area contributed by atoms with E-state index in [1.807, 2.05) is 0 Å². The largest absolute Gasteiger partial charge is 0.481 e. The lowest BCUT2D eigenvalue weighted by Gasteiger charge is -2.10. The van der Waals surface area contributed by atoms with E-state index < -0.39 is 5.97 Å².